The van der Waals surface area contributed by atoms with Crippen LogP contribution in [0.2, 0.25) is 5.02 Å². The van der Waals surface area contributed by atoms with Crippen LogP contribution in [0.4, 0.5) is 0 Å². The SMILES string of the molecule is C=CCn1c(SCc2nnnn2C2CC2)nnc1-c1ccc(Cl)cc1. The Bertz CT molecular complexity index is 882. The lowest BCUT2D eigenvalue weighted by Crippen LogP contribution is -2.04. The number of hydrogen-bond donors (Lipinski definition) is 0. The Kier molecular flexibility index (Phi) is 4.54. The molecule has 25 heavy (non-hydrogen) atoms. The molecule has 3 aromatic rings. The van der Waals surface area contributed by atoms with Gasteiger partial charge in [0.15, 0.2) is 16.8 Å². The van der Waals surface area contributed by atoms with E-state index in [1.165, 1.54) is 0 Å². The molecular formula is C16H16ClN7S. The summed E-state index contributed by atoms with van der Waals surface area (Å²) in [7, 11) is 0. The molecule has 2 aromatic heterocycles. The smallest absolute Gasteiger partial charge is 0.192 e. The first-order valence-electron chi connectivity index (χ1n) is 7.96. The van der Waals surface area contributed by atoms with E-state index >= 15 is 0 Å². The lowest BCUT2D eigenvalue weighted by molar-refractivity contribution is 0.593. The largest absolute Gasteiger partial charge is 0.298 e. The van der Waals surface area contributed by atoms with Crippen molar-refractivity contribution in [3.63, 3.8) is 0 Å². The standard InChI is InChI=1S/C16H16ClN7S/c1-2-9-23-15(11-3-5-12(17)6-4-11)19-20-16(23)25-10-14-18-21-22-24(14)13-7-8-13/h2-6,13H,1,7-10H2. The quantitative estimate of drug-likeness (QED) is 0.466. The lowest BCUT2D eigenvalue weighted by Gasteiger charge is -2.08. The molecule has 1 aromatic carbocycles. The van der Waals surface area contributed by atoms with Gasteiger partial charge in [-0.2, -0.15) is 0 Å². The van der Waals surface area contributed by atoms with Crippen molar-refractivity contribution in [1.29, 1.82) is 0 Å². The molecule has 1 aliphatic carbocycles. The topological polar surface area (TPSA) is 74.3 Å². The number of benzene rings is 1. The van der Waals surface area contributed by atoms with Crippen molar-refractivity contribution < 1.29 is 0 Å². The number of nitrogens with zero attached hydrogens (tertiary/aromatic N) is 7. The van der Waals surface area contributed by atoms with E-state index in [4.69, 9.17) is 11.6 Å². The highest BCUT2D eigenvalue weighted by Crippen LogP contribution is 2.35. The highest BCUT2D eigenvalue weighted by molar-refractivity contribution is 7.98. The Morgan fingerprint density at radius 2 is 2.00 bits per heavy atom. The van der Waals surface area contributed by atoms with Crippen LogP contribution in [0.25, 0.3) is 11.4 Å². The summed E-state index contributed by atoms with van der Waals surface area (Å²) in [6, 6.07) is 8.03. The molecule has 4 rings (SSSR count). The van der Waals surface area contributed by atoms with Crippen LogP contribution in [0.5, 0.6) is 0 Å². The maximum absolute atomic E-state index is 5.97. The highest BCUT2D eigenvalue weighted by atomic mass is 35.5. The number of thioether (sulfide) groups is 1. The Morgan fingerprint density at radius 3 is 2.72 bits per heavy atom. The number of aromatic nitrogens is 7. The van der Waals surface area contributed by atoms with E-state index in [-0.39, 0.29) is 0 Å². The first-order chi connectivity index (χ1) is 12.3. The number of rotatable bonds is 7. The van der Waals surface area contributed by atoms with Gasteiger partial charge in [-0.15, -0.1) is 21.9 Å². The molecule has 0 saturated heterocycles. The maximum atomic E-state index is 5.97. The molecule has 1 aliphatic rings. The van der Waals surface area contributed by atoms with Crippen molar-refractivity contribution >= 4 is 23.4 Å². The molecule has 0 radical (unpaired) electrons. The average molecular weight is 374 g/mol. The van der Waals surface area contributed by atoms with E-state index in [9.17, 15) is 0 Å². The lowest BCUT2D eigenvalue weighted by atomic mass is 10.2. The Labute approximate surface area is 154 Å². The predicted molar refractivity (Wildman–Crippen MR) is 96.3 cm³/mol. The molecule has 7 nitrogen and oxygen atoms in total. The Hall–Kier alpha value is -2.19. The Balaban J connectivity index is 1.57. The highest BCUT2D eigenvalue weighted by Gasteiger charge is 2.28. The molecule has 0 N–H and O–H groups in total. The fraction of sp³-hybridized carbons (Fsp3) is 0.312. The fourth-order valence-electron chi connectivity index (χ4n) is 2.54. The second-order valence-corrected chi connectivity index (χ2v) is 7.15. The monoisotopic (exact) mass is 373 g/mol. The number of halogens is 1. The van der Waals surface area contributed by atoms with Crippen molar-refractivity contribution in [2.24, 2.45) is 0 Å². The molecule has 0 atom stereocenters. The van der Waals surface area contributed by atoms with Crippen molar-refractivity contribution in [2.45, 2.75) is 36.3 Å². The van der Waals surface area contributed by atoms with Crippen LogP contribution in [0.3, 0.4) is 0 Å². The van der Waals surface area contributed by atoms with Gasteiger partial charge >= 0.3 is 0 Å². The van der Waals surface area contributed by atoms with Crippen molar-refractivity contribution in [1.82, 2.24) is 35.0 Å². The molecule has 0 bridgehead atoms. The zero-order chi connectivity index (χ0) is 17.2. The summed E-state index contributed by atoms with van der Waals surface area (Å²) < 4.78 is 3.95. The van der Waals surface area contributed by atoms with Gasteiger partial charge in [-0.25, -0.2) is 4.68 Å². The molecule has 2 heterocycles. The minimum atomic E-state index is 0.460. The fourth-order valence-corrected chi connectivity index (χ4v) is 3.53. The number of hydrogen-bond acceptors (Lipinski definition) is 6. The van der Waals surface area contributed by atoms with E-state index in [2.05, 4.69) is 32.3 Å². The molecule has 1 fully saturated rings. The van der Waals surface area contributed by atoms with Gasteiger partial charge in [0.1, 0.15) is 0 Å². The maximum Gasteiger partial charge on any atom is 0.192 e. The third-order valence-corrected chi connectivity index (χ3v) is 5.13. The first-order valence-corrected chi connectivity index (χ1v) is 9.32. The van der Waals surface area contributed by atoms with Crippen molar-refractivity contribution in [2.75, 3.05) is 0 Å². The van der Waals surface area contributed by atoms with Crippen molar-refractivity contribution in [3.8, 4) is 11.4 Å². The van der Waals surface area contributed by atoms with Crippen LogP contribution in [-0.4, -0.2) is 35.0 Å². The summed E-state index contributed by atoms with van der Waals surface area (Å²) in [5, 5.41) is 22.2. The minimum absolute atomic E-state index is 0.460. The minimum Gasteiger partial charge on any atom is -0.298 e. The molecular weight excluding hydrogens is 358 g/mol. The third kappa shape index (κ3) is 3.45. The van der Waals surface area contributed by atoms with Crippen LogP contribution in [0.1, 0.15) is 24.7 Å². The second kappa shape index (κ2) is 6.97. The molecule has 128 valence electrons. The molecule has 0 aliphatic heterocycles. The van der Waals surface area contributed by atoms with Crippen molar-refractivity contribution in [3.05, 3.63) is 47.8 Å². The Morgan fingerprint density at radius 1 is 1.20 bits per heavy atom. The van der Waals surface area contributed by atoms with Crippen LogP contribution in [-0.2, 0) is 12.3 Å². The van der Waals surface area contributed by atoms with Gasteiger partial charge < -0.3 is 0 Å². The van der Waals surface area contributed by atoms with Gasteiger partial charge in [0.05, 0.1) is 11.8 Å². The van der Waals surface area contributed by atoms with Gasteiger partial charge in [0, 0.05) is 17.1 Å². The summed E-state index contributed by atoms with van der Waals surface area (Å²) in [6.07, 6.45) is 4.13. The van der Waals surface area contributed by atoms with Gasteiger partial charge in [-0.3, -0.25) is 4.57 Å². The normalized spacial score (nSPS) is 14.0. The summed E-state index contributed by atoms with van der Waals surface area (Å²) in [5.74, 6) is 2.31. The molecule has 0 spiro atoms. The van der Waals surface area contributed by atoms with E-state index in [0.717, 1.165) is 35.2 Å². The average Bonchev–Trinajstić information content (AvgIpc) is 3.22. The van der Waals surface area contributed by atoms with E-state index in [1.54, 1.807) is 11.8 Å². The molecule has 9 heteroatoms. The zero-order valence-electron chi connectivity index (χ0n) is 13.4. The summed E-state index contributed by atoms with van der Waals surface area (Å²) in [5.41, 5.74) is 0.966. The van der Waals surface area contributed by atoms with Crippen LogP contribution >= 0.6 is 23.4 Å². The second-order valence-electron chi connectivity index (χ2n) is 5.77. The molecule has 0 amide bonds. The number of tetrazole rings is 1. The molecule has 0 unspecified atom stereocenters. The summed E-state index contributed by atoms with van der Waals surface area (Å²) in [4.78, 5) is 0. The zero-order valence-corrected chi connectivity index (χ0v) is 15.0. The van der Waals surface area contributed by atoms with Gasteiger partial charge in [-0.1, -0.05) is 29.4 Å². The van der Waals surface area contributed by atoms with Crippen LogP contribution in [0.15, 0.2) is 42.1 Å². The van der Waals surface area contributed by atoms with E-state index in [0.29, 0.717) is 23.4 Å². The van der Waals surface area contributed by atoms with Gasteiger partial charge in [0.2, 0.25) is 0 Å². The predicted octanol–water partition coefficient (Wildman–Crippen LogP) is 3.40. The summed E-state index contributed by atoms with van der Waals surface area (Å²) >= 11 is 7.55. The van der Waals surface area contributed by atoms with Gasteiger partial charge in [0.25, 0.3) is 0 Å². The van der Waals surface area contributed by atoms with Crippen LogP contribution < -0.4 is 0 Å². The summed E-state index contributed by atoms with van der Waals surface area (Å²) in [6.45, 7) is 4.46. The van der Waals surface area contributed by atoms with E-state index in [1.807, 2.05) is 39.6 Å². The first kappa shape index (κ1) is 16.3. The molecule has 1 saturated carbocycles. The van der Waals surface area contributed by atoms with E-state index < -0.39 is 0 Å². The third-order valence-electron chi connectivity index (χ3n) is 3.92. The van der Waals surface area contributed by atoms with Crippen LogP contribution in [0, 0.1) is 0 Å². The van der Waals surface area contributed by atoms with Gasteiger partial charge in [-0.05, 0) is 47.5 Å². The number of allylic oxidation sites excluding steroid dienone is 1.